The first-order chi connectivity index (χ1) is 8.72. The van der Waals surface area contributed by atoms with Crippen molar-refractivity contribution < 1.29 is 9.47 Å². The van der Waals surface area contributed by atoms with Gasteiger partial charge in [0.15, 0.2) is 0 Å². The molecule has 1 heterocycles. The zero-order valence-electron chi connectivity index (χ0n) is 10.9. The minimum absolute atomic E-state index is 0.174. The molecule has 1 rings (SSSR count). The molecule has 104 valence electrons. The summed E-state index contributed by atoms with van der Waals surface area (Å²) in [5.41, 5.74) is 5.90. The third kappa shape index (κ3) is 4.84. The summed E-state index contributed by atoms with van der Waals surface area (Å²) in [6.07, 6.45) is 0. The molecular formula is C12H21ClN2O2S. The second-order valence-electron chi connectivity index (χ2n) is 3.94. The Morgan fingerprint density at radius 2 is 1.94 bits per heavy atom. The highest BCUT2D eigenvalue weighted by Gasteiger charge is 2.20. The zero-order valence-corrected chi connectivity index (χ0v) is 12.5. The molecule has 1 aromatic rings. The number of hydrogen-bond donors (Lipinski definition) is 1. The van der Waals surface area contributed by atoms with E-state index in [9.17, 15) is 0 Å². The van der Waals surface area contributed by atoms with E-state index in [-0.39, 0.29) is 6.04 Å². The molecule has 0 saturated carbocycles. The Balaban J connectivity index is 2.71. The lowest BCUT2D eigenvalue weighted by molar-refractivity contribution is 0.0901. The van der Waals surface area contributed by atoms with E-state index in [0.29, 0.717) is 19.8 Å². The molecule has 0 aliphatic heterocycles. The van der Waals surface area contributed by atoms with Gasteiger partial charge < -0.3 is 15.2 Å². The first-order valence-corrected chi connectivity index (χ1v) is 7.14. The van der Waals surface area contributed by atoms with Crippen molar-refractivity contribution in [1.82, 2.24) is 4.90 Å². The van der Waals surface area contributed by atoms with E-state index in [0.717, 1.165) is 18.1 Å². The minimum atomic E-state index is 0.174. The van der Waals surface area contributed by atoms with Crippen LogP contribution in [-0.4, -0.2) is 52.0 Å². The summed E-state index contributed by atoms with van der Waals surface area (Å²) in [5, 5.41) is 2.71. The fourth-order valence-corrected chi connectivity index (χ4v) is 3.02. The molecule has 1 unspecified atom stereocenters. The van der Waals surface area contributed by atoms with Crippen molar-refractivity contribution in [2.45, 2.75) is 6.04 Å². The van der Waals surface area contributed by atoms with Crippen LogP contribution in [0.25, 0.3) is 0 Å². The fraction of sp³-hybridized carbons (Fsp3) is 0.667. The van der Waals surface area contributed by atoms with Gasteiger partial charge in [0.2, 0.25) is 0 Å². The summed E-state index contributed by atoms with van der Waals surface area (Å²) < 4.78 is 10.3. The molecule has 0 fully saturated rings. The van der Waals surface area contributed by atoms with Crippen LogP contribution in [-0.2, 0) is 9.47 Å². The lowest BCUT2D eigenvalue weighted by Gasteiger charge is -2.29. The molecule has 0 bridgehead atoms. The maximum atomic E-state index is 5.98. The second kappa shape index (κ2) is 8.85. The van der Waals surface area contributed by atoms with Gasteiger partial charge in [0, 0.05) is 44.1 Å². The minimum Gasteiger partial charge on any atom is -0.383 e. The standard InChI is InChI=1S/C12H21ClN2O2S/c1-16-5-3-15(4-6-17-2)11(8-14)12-7-10(13)9-18-12/h7,9,11H,3-6,8,14H2,1-2H3. The monoisotopic (exact) mass is 292 g/mol. The molecular weight excluding hydrogens is 272 g/mol. The zero-order chi connectivity index (χ0) is 13.4. The highest BCUT2D eigenvalue weighted by Crippen LogP contribution is 2.28. The van der Waals surface area contributed by atoms with Crippen molar-refractivity contribution in [3.63, 3.8) is 0 Å². The van der Waals surface area contributed by atoms with Gasteiger partial charge >= 0.3 is 0 Å². The summed E-state index contributed by atoms with van der Waals surface area (Å²) in [6, 6.07) is 2.16. The average Bonchev–Trinajstić information content (AvgIpc) is 2.79. The van der Waals surface area contributed by atoms with Crippen LogP contribution in [0.3, 0.4) is 0 Å². The predicted octanol–water partition coefficient (Wildman–Crippen LogP) is 2.00. The Kier molecular flexibility index (Phi) is 7.81. The summed E-state index contributed by atoms with van der Waals surface area (Å²) in [5.74, 6) is 0. The van der Waals surface area contributed by atoms with E-state index in [2.05, 4.69) is 4.90 Å². The Morgan fingerprint density at radius 1 is 1.33 bits per heavy atom. The van der Waals surface area contributed by atoms with E-state index in [1.54, 1.807) is 25.6 Å². The van der Waals surface area contributed by atoms with Crippen molar-refractivity contribution in [3.8, 4) is 0 Å². The fourth-order valence-electron chi connectivity index (χ4n) is 1.79. The van der Waals surface area contributed by atoms with E-state index in [1.807, 2.05) is 11.4 Å². The van der Waals surface area contributed by atoms with Crippen molar-refractivity contribution in [3.05, 3.63) is 21.3 Å². The first kappa shape index (κ1) is 15.9. The summed E-state index contributed by atoms with van der Waals surface area (Å²) >= 11 is 7.62. The van der Waals surface area contributed by atoms with Crippen molar-refractivity contribution in [2.24, 2.45) is 5.73 Å². The highest BCUT2D eigenvalue weighted by atomic mass is 35.5. The Labute approximate surface area is 118 Å². The van der Waals surface area contributed by atoms with Crippen LogP contribution in [0, 0.1) is 0 Å². The Morgan fingerprint density at radius 3 is 2.33 bits per heavy atom. The van der Waals surface area contributed by atoms with Gasteiger partial charge in [-0.1, -0.05) is 11.6 Å². The maximum Gasteiger partial charge on any atom is 0.0589 e. The topological polar surface area (TPSA) is 47.7 Å². The van der Waals surface area contributed by atoms with Gasteiger partial charge in [0.05, 0.1) is 24.3 Å². The first-order valence-electron chi connectivity index (χ1n) is 5.88. The Hall–Kier alpha value is -0.170. The molecule has 0 saturated heterocycles. The molecule has 6 heteroatoms. The summed E-state index contributed by atoms with van der Waals surface area (Å²) in [4.78, 5) is 3.46. The third-order valence-corrected chi connectivity index (χ3v) is 4.13. The number of methoxy groups -OCH3 is 2. The van der Waals surface area contributed by atoms with Gasteiger partial charge in [-0.3, -0.25) is 4.90 Å². The van der Waals surface area contributed by atoms with Gasteiger partial charge in [-0.25, -0.2) is 0 Å². The predicted molar refractivity (Wildman–Crippen MR) is 76.4 cm³/mol. The van der Waals surface area contributed by atoms with Crippen LogP contribution < -0.4 is 5.73 Å². The quantitative estimate of drug-likeness (QED) is 0.756. The van der Waals surface area contributed by atoms with E-state index < -0.39 is 0 Å². The smallest absolute Gasteiger partial charge is 0.0589 e. The molecule has 0 aromatic carbocycles. The largest absolute Gasteiger partial charge is 0.383 e. The van der Waals surface area contributed by atoms with E-state index in [1.165, 1.54) is 4.88 Å². The van der Waals surface area contributed by atoms with Crippen LogP contribution in [0.4, 0.5) is 0 Å². The van der Waals surface area contributed by atoms with Gasteiger partial charge in [-0.15, -0.1) is 11.3 Å². The van der Waals surface area contributed by atoms with E-state index in [4.69, 9.17) is 26.8 Å². The number of thiophene rings is 1. The molecule has 1 atom stereocenters. The lowest BCUT2D eigenvalue weighted by Crippen LogP contribution is -2.37. The average molecular weight is 293 g/mol. The number of nitrogens with zero attached hydrogens (tertiary/aromatic N) is 1. The molecule has 0 amide bonds. The molecule has 2 N–H and O–H groups in total. The van der Waals surface area contributed by atoms with Crippen molar-refractivity contribution >= 4 is 22.9 Å². The van der Waals surface area contributed by atoms with Crippen LogP contribution in [0.2, 0.25) is 5.02 Å². The SMILES string of the molecule is COCCN(CCOC)C(CN)c1cc(Cl)cs1. The number of hydrogen-bond acceptors (Lipinski definition) is 5. The number of rotatable bonds is 9. The lowest BCUT2D eigenvalue weighted by atomic mass is 10.2. The summed E-state index contributed by atoms with van der Waals surface area (Å²) in [7, 11) is 3.40. The molecule has 1 aromatic heterocycles. The van der Waals surface area contributed by atoms with Crippen molar-refractivity contribution in [2.75, 3.05) is 47.1 Å². The molecule has 0 aliphatic rings. The normalized spacial score (nSPS) is 13.2. The van der Waals surface area contributed by atoms with E-state index >= 15 is 0 Å². The number of ether oxygens (including phenoxy) is 2. The van der Waals surface area contributed by atoms with Gasteiger partial charge in [-0.2, -0.15) is 0 Å². The van der Waals surface area contributed by atoms with Crippen LogP contribution >= 0.6 is 22.9 Å². The van der Waals surface area contributed by atoms with Crippen LogP contribution in [0.1, 0.15) is 10.9 Å². The number of nitrogens with two attached hydrogens (primary N) is 1. The van der Waals surface area contributed by atoms with Crippen LogP contribution in [0.5, 0.6) is 0 Å². The molecule has 0 radical (unpaired) electrons. The molecule has 18 heavy (non-hydrogen) atoms. The Bertz CT molecular complexity index is 328. The van der Waals surface area contributed by atoms with Crippen molar-refractivity contribution in [1.29, 1.82) is 0 Å². The molecule has 0 spiro atoms. The molecule has 0 aliphatic carbocycles. The van der Waals surface area contributed by atoms with Gasteiger partial charge in [0.25, 0.3) is 0 Å². The third-order valence-electron chi connectivity index (χ3n) is 2.75. The van der Waals surface area contributed by atoms with Gasteiger partial charge in [0.1, 0.15) is 0 Å². The second-order valence-corrected chi connectivity index (χ2v) is 5.32. The highest BCUT2D eigenvalue weighted by molar-refractivity contribution is 7.10. The number of halogens is 1. The van der Waals surface area contributed by atoms with Gasteiger partial charge in [-0.05, 0) is 6.07 Å². The molecule has 4 nitrogen and oxygen atoms in total. The maximum absolute atomic E-state index is 5.98. The summed E-state index contributed by atoms with van der Waals surface area (Å²) in [6.45, 7) is 3.58. The van der Waals surface area contributed by atoms with Crippen LogP contribution in [0.15, 0.2) is 11.4 Å².